The molecule has 0 aromatic rings. The van der Waals surface area contributed by atoms with Crippen LogP contribution in [0.15, 0.2) is 12.2 Å². The van der Waals surface area contributed by atoms with Crippen LogP contribution in [-0.2, 0) is 10.1 Å². The molecule has 0 fully saturated rings. The number of hydrogen-bond acceptors (Lipinski definition) is 2. The molecule has 0 heterocycles. The van der Waals surface area contributed by atoms with Crippen molar-refractivity contribution in [2.24, 2.45) is 0 Å². The molecule has 3 nitrogen and oxygen atoms in total. The van der Waals surface area contributed by atoms with Crippen LogP contribution in [0.3, 0.4) is 0 Å². The Balaban J connectivity index is 0. The number of hydrogen-bond donors (Lipinski definition) is 1. The Morgan fingerprint density at radius 2 is 0.758 bits per heavy atom. The monoisotopic (exact) mass is 496 g/mol. The predicted molar refractivity (Wildman–Crippen MR) is 149 cm³/mol. The molecule has 0 rings (SSSR count). The summed E-state index contributed by atoms with van der Waals surface area (Å²) in [4.78, 5) is 0. The Morgan fingerprint density at radius 1 is 0.485 bits per heavy atom. The fourth-order valence-corrected chi connectivity index (χ4v) is 4.73. The Hall–Kier alpha value is 0.650. The second-order valence-electron chi connectivity index (χ2n) is 9.79. The minimum absolute atomic E-state index is 0. The van der Waals surface area contributed by atoms with Crippen molar-refractivity contribution in [2.75, 3.05) is 5.75 Å². The van der Waals surface area contributed by atoms with E-state index in [0.29, 0.717) is 0 Å². The van der Waals surface area contributed by atoms with Crippen LogP contribution in [0.5, 0.6) is 0 Å². The van der Waals surface area contributed by atoms with Gasteiger partial charge in [0, 0.05) is 0 Å². The summed E-state index contributed by atoms with van der Waals surface area (Å²) >= 11 is 0. The van der Waals surface area contributed by atoms with Crippen molar-refractivity contribution in [3.63, 3.8) is 0 Å². The molecule has 0 aromatic carbocycles. The van der Waals surface area contributed by atoms with E-state index in [1.807, 2.05) is 6.08 Å². The first-order valence-corrected chi connectivity index (χ1v) is 15.8. The Labute approximate surface area is 230 Å². The van der Waals surface area contributed by atoms with Crippen molar-refractivity contribution in [3.8, 4) is 0 Å². The number of rotatable bonds is 26. The first kappa shape index (κ1) is 35.8. The zero-order chi connectivity index (χ0) is 23.6. The normalized spacial score (nSPS) is 11.8. The van der Waals surface area contributed by atoms with Crippen molar-refractivity contribution in [2.45, 2.75) is 161 Å². The van der Waals surface area contributed by atoms with Crippen molar-refractivity contribution >= 4 is 39.7 Å². The quantitative estimate of drug-likeness (QED) is 0.0562. The van der Waals surface area contributed by atoms with E-state index in [0.717, 1.165) is 12.8 Å². The molecular formula is C28H57NaO3S. The molecule has 0 amide bonds. The molecule has 0 atom stereocenters. The van der Waals surface area contributed by atoms with Gasteiger partial charge >= 0.3 is 29.6 Å². The van der Waals surface area contributed by atoms with Crippen LogP contribution < -0.4 is 0 Å². The summed E-state index contributed by atoms with van der Waals surface area (Å²) in [6.07, 6.45) is 36.5. The molecule has 0 aliphatic carbocycles. The Morgan fingerprint density at radius 3 is 1.03 bits per heavy atom. The summed E-state index contributed by atoms with van der Waals surface area (Å²) in [7, 11) is -3.84. The Kier molecular flexibility index (Phi) is 31.3. The van der Waals surface area contributed by atoms with E-state index in [1.54, 1.807) is 6.08 Å². The maximum atomic E-state index is 10.6. The van der Waals surface area contributed by atoms with E-state index in [9.17, 15) is 8.42 Å². The van der Waals surface area contributed by atoms with E-state index in [4.69, 9.17) is 4.55 Å². The van der Waals surface area contributed by atoms with E-state index in [-0.39, 0.29) is 35.3 Å². The number of allylic oxidation sites excluding steroid dienone is 1. The minimum atomic E-state index is -3.84. The average molecular weight is 497 g/mol. The average Bonchev–Trinajstić information content (AvgIpc) is 2.75. The summed E-state index contributed by atoms with van der Waals surface area (Å²) in [5.41, 5.74) is 0. The molecule has 0 radical (unpaired) electrons. The molecule has 194 valence electrons. The van der Waals surface area contributed by atoms with Crippen LogP contribution in [0.25, 0.3) is 0 Å². The van der Waals surface area contributed by atoms with E-state index in [2.05, 4.69) is 6.92 Å². The van der Waals surface area contributed by atoms with Gasteiger partial charge in [-0.25, -0.2) is 0 Å². The van der Waals surface area contributed by atoms with Gasteiger partial charge in [-0.2, -0.15) is 8.42 Å². The van der Waals surface area contributed by atoms with Gasteiger partial charge in [0.05, 0.1) is 5.75 Å². The molecular weight excluding hydrogens is 439 g/mol. The van der Waals surface area contributed by atoms with Crippen molar-refractivity contribution in [3.05, 3.63) is 12.2 Å². The topological polar surface area (TPSA) is 54.4 Å². The second-order valence-corrected chi connectivity index (χ2v) is 11.3. The van der Waals surface area contributed by atoms with Crippen LogP contribution >= 0.6 is 0 Å². The summed E-state index contributed by atoms with van der Waals surface area (Å²) < 4.78 is 29.8. The molecule has 0 bridgehead atoms. The molecule has 0 unspecified atom stereocenters. The standard InChI is InChI=1S/C28H56O3S.Na.H/c1-2-3-4-5-6-7-8-9-10-11-12-13-14-15-16-17-18-19-20-21-22-23-24-25-26-27-28-32(29,30)31;;/h26-27H,2-25,28H2,1H3,(H,29,30,31);;. The van der Waals surface area contributed by atoms with Gasteiger partial charge in [0.1, 0.15) is 0 Å². The van der Waals surface area contributed by atoms with Crippen LogP contribution in [0.1, 0.15) is 161 Å². The van der Waals surface area contributed by atoms with Gasteiger partial charge in [0.2, 0.25) is 0 Å². The van der Waals surface area contributed by atoms with Gasteiger partial charge in [-0.1, -0.05) is 160 Å². The van der Waals surface area contributed by atoms with Crippen molar-refractivity contribution < 1.29 is 13.0 Å². The predicted octanol–water partition coefficient (Wildman–Crippen LogP) is 9.16. The van der Waals surface area contributed by atoms with Gasteiger partial charge in [0.25, 0.3) is 10.1 Å². The van der Waals surface area contributed by atoms with E-state index >= 15 is 0 Å². The summed E-state index contributed by atoms with van der Waals surface area (Å²) in [5, 5.41) is 0. The molecule has 1 N–H and O–H groups in total. The first-order valence-electron chi connectivity index (χ1n) is 14.2. The van der Waals surface area contributed by atoms with Crippen LogP contribution in [0.4, 0.5) is 0 Å². The van der Waals surface area contributed by atoms with Gasteiger partial charge in [-0.15, -0.1) is 0 Å². The SMILES string of the molecule is CCCCCCCCCCCCCCCCCCCCCCCCCC=CCS(=O)(=O)O.[NaH]. The third-order valence-corrected chi connectivity index (χ3v) is 7.06. The fraction of sp³-hybridized carbons (Fsp3) is 0.929. The third-order valence-electron chi connectivity index (χ3n) is 6.45. The third kappa shape index (κ3) is 34.9. The Bertz CT molecular complexity index is 491. The molecule has 0 saturated heterocycles. The van der Waals surface area contributed by atoms with Crippen LogP contribution in [0, 0.1) is 0 Å². The molecule has 0 aliphatic rings. The van der Waals surface area contributed by atoms with Gasteiger partial charge in [-0.05, 0) is 12.8 Å². The summed E-state index contributed by atoms with van der Waals surface area (Å²) in [6.45, 7) is 2.29. The van der Waals surface area contributed by atoms with Gasteiger partial charge in [0.15, 0.2) is 0 Å². The second kappa shape index (κ2) is 28.9. The van der Waals surface area contributed by atoms with E-state index < -0.39 is 10.1 Å². The fourth-order valence-electron chi connectivity index (χ4n) is 4.36. The van der Waals surface area contributed by atoms with Crippen LogP contribution in [-0.4, -0.2) is 48.3 Å². The maximum absolute atomic E-state index is 10.6. The van der Waals surface area contributed by atoms with Gasteiger partial charge < -0.3 is 0 Å². The summed E-state index contributed by atoms with van der Waals surface area (Å²) in [6, 6.07) is 0. The summed E-state index contributed by atoms with van der Waals surface area (Å²) in [5.74, 6) is -0.258. The van der Waals surface area contributed by atoms with Crippen LogP contribution in [0.2, 0.25) is 0 Å². The van der Waals surface area contributed by atoms with Crippen molar-refractivity contribution in [1.29, 1.82) is 0 Å². The molecule has 5 heteroatoms. The van der Waals surface area contributed by atoms with E-state index in [1.165, 1.54) is 141 Å². The first-order chi connectivity index (χ1) is 15.6. The molecule has 0 aromatic heterocycles. The molecule has 33 heavy (non-hydrogen) atoms. The molecule has 0 saturated carbocycles. The number of unbranched alkanes of at least 4 members (excludes halogenated alkanes) is 23. The van der Waals surface area contributed by atoms with Crippen molar-refractivity contribution in [1.82, 2.24) is 0 Å². The van der Waals surface area contributed by atoms with Gasteiger partial charge in [-0.3, -0.25) is 4.55 Å². The zero-order valence-electron chi connectivity index (χ0n) is 21.5. The molecule has 0 spiro atoms. The molecule has 0 aliphatic heterocycles. The zero-order valence-corrected chi connectivity index (χ0v) is 22.3.